The highest BCUT2D eigenvalue weighted by Gasteiger charge is 2.24. The highest BCUT2D eigenvalue weighted by Crippen LogP contribution is 2.27. The molecule has 1 aromatic carbocycles. The molecule has 2 amide bonds. The predicted octanol–water partition coefficient (Wildman–Crippen LogP) is 1.83. The quantitative estimate of drug-likeness (QED) is 0.807. The van der Waals surface area contributed by atoms with Gasteiger partial charge in [-0.3, -0.25) is 14.4 Å². The van der Waals surface area contributed by atoms with Crippen LogP contribution in [0.1, 0.15) is 16.9 Å². The summed E-state index contributed by atoms with van der Waals surface area (Å²) in [5, 5.41) is 6.83. The van der Waals surface area contributed by atoms with E-state index in [1.807, 2.05) is 0 Å². The first kappa shape index (κ1) is 20.2. The lowest BCUT2D eigenvalue weighted by Crippen LogP contribution is -2.39. The molecular formula is C18H18Cl2N4O4. The molecule has 0 atom stereocenters. The van der Waals surface area contributed by atoms with Crippen LogP contribution in [0.15, 0.2) is 35.1 Å². The third kappa shape index (κ3) is 5.02. The van der Waals surface area contributed by atoms with E-state index in [9.17, 15) is 14.4 Å². The molecule has 0 aliphatic carbocycles. The van der Waals surface area contributed by atoms with Crippen LogP contribution in [0, 0.1) is 0 Å². The molecular weight excluding hydrogens is 407 g/mol. The van der Waals surface area contributed by atoms with Crippen LogP contribution in [-0.4, -0.2) is 64.6 Å². The van der Waals surface area contributed by atoms with E-state index in [0.29, 0.717) is 48.4 Å². The number of rotatable bonds is 4. The third-order valence-electron chi connectivity index (χ3n) is 4.28. The van der Waals surface area contributed by atoms with E-state index in [1.165, 1.54) is 12.1 Å². The van der Waals surface area contributed by atoms with Gasteiger partial charge < -0.3 is 14.5 Å². The van der Waals surface area contributed by atoms with Gasteiger partial charge in [0.2, 0.25) is 0 Å². The van der Waals surface area contributed by atoms with Crippen molar-refractivity contribution in [1.29, 1.82) is 0 Å². The van der Waals surface area contributed by atoms with E-state index in [0.717, 1.165) is 0 Å². The van der Waals surface area contributed by atoms with Gasteiger partial charge in [-0.15, -0.1) is 0 Å². The summed E-state index contributed by atoms with van der Waals surface area (Å²) in [6.45, 7) is 1.60. The van der Waals surface area contributed by atoms with Crippen molar-refractivity contribution in [2.45, 2.75) is 6.42 Å². The van der Waals surface area contributed by atoms with Crippen LogP contribution in [0.5, 0.6) is 5.75 Å². The zero-order valence-electron chi connectivity index (χ0n) is 14.9. The second-order valence-electron chi connectivity index (χ2n) is 6.20. The summed E-state index contributed by atoms with van der Waals surface area (Å²) in [5.74, 6) is -0.0904. The number of amides is 2. The minimum absolute atomic E-state index is 0.156. The standard InChI is InChI=1S/C18H18Cl2N4O4/c19-12-2-4-15(13(20)10-12)28-11-17(26)23-6-1-7-24(9-8-23)18(27)14-3-5-16(25)22-21-14/h2-5,10H,1,6-9,11H2,(H,22,25). The molecule has 1 aliphatic rings. The van der Waals surface area contributed by atoms with Crippen molar-refractivity contribution in [1.82, 2.24) is 20.0 Å². The maximum Gasteiger partial charge on any atom is 0.274 e. The van der Waals surface area contributed by atoms with Crippen molar-refractivity contribution in [3.05, 3.63) is 56.4 Å². The maximum atomic E-state index is 12.5. The van der Waals surface area contributed by atoms with E-state index in [1.54, 1.807) is 28.0 Å². The molecule has 1 N–H and O–H groups in total. The Labute approximate surface area is 171 Å². The van der Waals surface area contributed by atoms with Crippen LogP contribution in [0.2, 0.25) is 10.0 Å². The number of carbonyl (C=O) groups is 2. The van der Waals surface area contributed by atoms with Crippen molar-refractivity contribution in [2.24, 2.45) is 0 Å². The van der Waals surface area contributed by atoms with Gasteiger partial charge in [0, 0.05) is 37.3 Å². The molecule has 0 radical (unpaired) electrons. The Balaban J connectivity index is 1.55. The number of hydrogen-bond donors (Lipinski definition) is 1. The smallest absolute Gasteiger partial charge is 0.274 e. The van der Waals surface area contributed by atoms with Crippen LogP contribution < -0.4 is 10.3 Å². The van der Waals surface area contributed by atoms with Crippen molar-refractivity contribution in [3.8, 4) is 5.75 Å². The molecule has 28 heavy (non-hydrogen) atoms. The van der Waals surface area contributed by atoms with Gasteiger partial charge in [0.15, 0.2) is 6.61 Å². The van der Waals surface area contributed by atoms with Crippen molar-refractivity contribution < 1.29 is 14.3 Å². The number of aromatic nitrogens is 2. The fourth-order valence-corrected chi connectivity index (χ4v) is 3.28. The minimum atomic E-state index is -0.370. The summed E-state index contributed by atoms with van der Waals surface area (Å²) in [7, 11) is 0. The zero-order valence-corrected chi connectivity index (χ0v) is 16.4. The molecule has 1 aliphatic heterocycles. The number of halogens is 2. The average molecular weight is 425 g/mol. The molecule has 0 bridgehead atoms. The molecule has 0 spiro atoms. The molecule has 10 heteroatoms. The largest absolute Gasteiger partial charge is 0.482 e. The lowest BCUT2D eigenvalue weighted by atomic mass is 10.3. The number of ether oxygens (including phenoxy) is 1. The van der Waals surface area contributed by atoms with Gasteiger partial charge >= 0.3 is 0 Å². The molecule has 148 valence electrons. The Morgan fingerprint density at radius 3 is 2.54 bits per heavy atom. The molecule has 2 aromatic rings. The topological polar surface area (TPSA) is 95.6 Å². The fourth-order valence-electron chi connectivity index (χ4n) is 2.82. The van der Waals surface area contributed by atoms with Gasteiger partial charge in [0.05, 0.1) is 5.02 Å². The SMILES string of the molecule is O=C(COc1ccc(Cl)cc1Cl)N1CCCN(C(=O)c2ccc(=O)[nH]n2)CC1. The summed E-state index contributed by atoms with van der Waals surface area (Å²) in [5.41, 5.74) is -0.204. The van der Waals surface area contributed by atoms with Crippen LogP contribution in [0.3, 0.4) is 0 Å². The highest BCUT2D eigenvalue weighted by molar-refractivity contribution is 6.35. The number of benzene rings is 1. The van der Waals surface area contributed by atoms with Crippen molar-refractivity contribution >= 4 is 35.0 Å². The second-order valence-corrected chi connectivity index (χ2v) is 7.04. The molecule has 1 saturated heterocycles. The number of nitrogens with one attached hydrogen (secondary N) is 1. The lowest BCUT2D eigenvalue weighted by Gasteiger charge is -2.22. The van der Waals surface area contributed by atoms with Crippen LogP contribution >= 0.6 is 23.2 Å². The van der Waals surface area contributed by atoms with Crippen LogP contribution in [0.4, 0.5) is 0 Å². The molecule has 3 rings (SSSR count). The zero-order chi connectivity index (χ0) is 20.1. The van der Waals surface area contributed by atoms with Gasteiger partial charge in [0.25, 0.3) is 17.4 Å². The molecule has 1 fully saturated rings. The number of carbonyl (C=O) groups excluding carboxylic acids is 2. The summed E-state index contributed by atoms with van der Waals surface area (Å²) >= 11 is 11.9. The minimum Gasteiger partial charge on any atom is -0.482 e. The number of aromatic amines is 1. The Bertz CT molecular complexity index is 914. The third-order valence-corrected chi connectivity index (χ3v) is 4.81. The predicted molar refractivity (Wildman–Crippen MR) is 104 cm³/mol. The maximum absolute atomic E-state index is 12.5. The Hall–Kier alpha value is -2.58. The van der Waals surface area contributed by atoms with E-state index in [4.69, 9.17) is 27.9 Å². The van der Waals surface area contributed by atoms with E-state index < -0.39 is 0 Å². The first-order valence-electron chi connectivity index (χ1n) is 8.64. The van der Waals surface area contributed by atoms with E-state index in [2.05, 4.69) is 10.2 Å². The number of H-pyrrole nitrogens is 1. The van der Waals surface area contributed by atoms with Crippen molar-refractivity contribution in [3.63, 3.8) is 0 Å². The van der Waals surface area contributed by atoms with Gasteiger partial charge in [0.1, 0.15) is 11.4 Å². The van der Waals surface area contributed by atoms with Gasteiger partial charge in [-0.2, -0.15) is 5.10 Å². The normalized spacial score (nSPS) is 14.5. The van der Waals surface area contributed by atoms with Gasteiger partial charge in [-0.1, -0.05) is 23.2 Å². The molecule has 8 nitrogen and oxygen atoms in total. The van der Waals surface area contributed by atoms with Gasteiger partial charge in [-0.25, -0.2) is 5.10 Å². The monoisotopic (exact) mass is 424 g/mol. The average Bonchev–Trinajstić information content (AvgIpc) is 2.93. The number of nitrogens with zero attached hydrogens (tertiary/aromatic N) is 3. The Morgan fingerprint density at radius 2 is 1.82 bits per heavy atom. The second kappa shape index (κ2) is 9.07. The summed E-state index contributed by atoms with van der Waals surface area (Å²) < 4.78 is 5.50. The van der Waals surface area contributed by atoms with Crippen LogP contribution in [-0.2, 0) is 4.79 Å². The summed E-state index contributed by atoms with van der Waals surface area (Å²) in [4.78, 5) is 39.3. The highest BCUT2D eigenvalue weighted by atomic mass is 35.5. The van der Waals surface area contributed by atoms with Crippen LogP contribution in [0.25, 0.3) is 0 Å². The number of hydrogen-bond acceptors (Lipinski definition) is 5. The molecule has 1 aromatic heterocycles. The lowest BCUT2D eigenvalue weighted by molar-refractivity contribution is -0.133. The molecule has 0 unspecified atom stereocenters. The van der Waals surface area contributed by atoms with E-state index >= 15 is 0 Å². The molecule has 0 saturated carbocycles. The van der Waals surface area contributed by atoms with E-state index in [-0.39, 0.29) is 29.7 Å². The first-order valence-corrected chi connectivity index (χ1v) is 9.40. The summed E-state index contributed by atoms with van der Waals surface area (Å²) in [6.07, 6.45) is 0.628. The first-order chi connectivity index (χ1) is 13.4. The van der Waals surface area contributed by atoms with Gasteiger partial charge in [-0.05, 0) is 30.7 Å². The van der Waals surface area contributed by atoms with Crippen molar-refractivity contribution in [2.75, 3.05) is 32.8 Å². The fraction of sp³-hybridized carbons (Fsp3) is 0.333. The molecule has 2 heterocycles. The Morgan fingerprint density at radius 1 is 1.07 bits per heavy atom. The summed E-state index contributed by atoms with van der Waals surface area (Å²) in [6, 6.07) is 7.43. The Kier molecular flexibility index (Phi) is 6.53.